The number of aromatic hydroxyl groups is 1. The number of halogens is 3. The normalized spacial score (nSPS) is 16.2. The Bertz CT molecular complexity index is 975. The van der Waals surface area contributed by atoms with Crippen LogP contribution in [0.25, 0.3) is 5.57 Å². The zero-order valence-electron chi connectivity index (χ0n) is 14.8. The first kappa shape index (κ1) is 19.5. The van der Waals surface area contributed by atoms with Crippen molar-refractivity contribution in [2.45, 2.75) is 25.4 Å². The summed E-state index contributed by atoms with van der Waals surface area (Å²) in [6, 6.07) is 5.24. The number of hydrogen-bond donors (Lipinski definition) is 3. The van der Waals surface area contributed by atoms with Gasteiger partial charge in [0.05, 0.1) is 0 Å². The van der Waals surface area contributed by atoms with Crippen LogP contribution in [0.2, 0.25) is 0 Å². The first-order valence-corrected chi connectivity index (χ1v) is 8.13. The van der Waals surface area contributed by atoms with Crippen LogP contribution in [0.1, 0.15) is 41.2 Å². The lowest BCUT2D eigenvalue weighted by Gasteiger charge is -2.30. The predicted molar refractivity (Wildman–Crippen MR) is 91.4 cm³/mol. The van der Waals surface area contributed by atoms with Crippen LogP contribution in [-0.2, 0) is 16.4 Å². The van der Waals surface area contributed by atoms with Crippen LogP contribution in [-0.4, -0.2) is 43.7 Å². The van der Waals surface area contributed by atoms with Crippen LogP contribution < -0.4 is 0 Å². The molecule has 0 saturated heterocycles. The molecule has 0 atom stereocenters. The first-order valence-electron chi connectivity index (χ1n) is 8.13. The van der Waals surface area contributed by atoms with Gasteiger partial charge in [-0.15, -0.1) is 0 Å². The smallest absolute Gasteiger partial charge is 0.433 e. The lowest BCUT2D eigenvalue weighted by atomic mass is 9.81. The quantitative estimate of drug-likeness (QED) is 0.725. The van der Waals surface area contributed by atoms with Gasteiger partial charge >= 0.3 is 12.1 Å². The molecule has 1 aliphatic rings. The van der Waals surface area contributed by atoms with Gasteiger partial charge in [0.15, 0.2) is 0 Å². The SMILES string of the molecule is CC1(C)CN(C(=O)c2ccc(O)cc2)C=C(C(=O)O)c2n[nH]c(C(F)(F)F)c21. The molecule has 1 aliphatic heterocycles. The van der Waals surface area contributed by atoms with Gasteiger partial charge in [-0.2, -0.15) is 18.3 Å². The Hall–Kier alpha value is -3.30. The van der Waals surface area contributed by atoms with Gasteiger partial charge in [0.2, 0.25) is 0 Å². The number of hydrogen-bond acceptors (Lipinski definition) is 4. The number of H-pyrrole nitrogens is 1. The Balaban J connectivity index is 2.15. The molecule has 0 spiro atoms. The van der Waals surface area contributed by atoms with Gasteiger partial charge in [-0.1, -0.05) is 13.8 Å². The van der Waals surface area contributed by atoms with Crippen molar-refractivity contribution in [1.29, 1.82) is 0 Å². The molecule has 10 heteroatoms. The van der Waals surface area contributed by atoms with Crippen molar-refractivity contribution < 1.29 is 33.0 Å². The maximum absolute atomic E-state index is 13.4. The number of benzene rings is 1. The van der Waals surface area contributed by atoms with Gasteiger partial charge in [0, 0.05) is 29.3 Å². The highest BCUT2D eigenvalue weighted by molar-refractivity contribution is 6.16. The lowest BCUT2D eigenvalue weighted by molar-refractivity contribution is -0.142. The fraction of sp³-hybridized carbons (Fsp3) is 0.278. The van der Waals surface area contributed by atoms with Crippen molar-refractivity contribution in [2.75, 3.05) is 6.54 Å². The number of aromatic nitrogens is 2. The second-order valence-electron chi connectivity index (χ2n) is 7.03. The van der Waals surface area contributed by atoms with Gasteiger partial charge in [0.25, 0.3) is 5.91 Å². The summed E-state index contributed by atoms with van der Waals surface area (Å²) in [5, 5.41) is 24.4. The van der Waals surface area contributed by atoms with Crippen molar-refractivity contribution in [3.05, 3.63) is 53.0 Å². The third-order valence-electron chi connectivity index (χ3n) is 4.44. The molecule has 0 saturated carbocycles. The highest BCUT2D eigenvalue weighted by Crippen LogP contribution is 2.42. The van der Waals surface area contributed by atoms with E-state index in [9.17, 15) is 33.0 Å². The number of carbonyl (C=O) groups is 2. The van der Waals surface area contributed by atoms with E-state index >= 15 is 0 Å². The fourth-order valence-corrected chi connectivity index (χ4v) is 3.23. The third kappa shape index (κ3) is 3.32. The fourth-order valence-electron chi connectivity index (χ4n) is 3.23. The highest BCUT2D eigenvalue weighted by atomic mass is 19.4. The van der Waals surface area contributed by atoms with Gasteiger partial charge < -0.3 is 15.1 Å². The summed E-state index contributed by atoms with van der Waals surface area (Å²) in [6.07, 6.45) is -3.77. The molecule has 3 N–H and O–H groups in total. The number of carbonyl (C=O) groups excluding carboxylic acids is 1. The number of phenolic OH excluding ortho intramolecular Hbond substituents is 1. The van der Waals surface area contributed by atoms with Crippen LogP contribution in [0.4, 0.5) is 13.2 Å². The Morgan fingerprint density at radius 1 is 1.21 bits per heavy atom. The van der Waals surface area contributed by atoms with Crippen LogP contribution in [0.3, 0.4) is 0 Å². The minimum atomic E-state index is -4.77. The maximum atomic E-state index is 13.4. The molecule has 148 valence electrons. The van der Waals surface area contributed by atoms with Crippen molar-refractivity contribution in [3.8, 4) is 5.75 Å². The molecule has 0 fully saturated rings. The van der Waals surface area contributed by atoms with Crippen molar-refractivity contribution in [2.24, 2.45) is 0 Å². The molecular formula is C18H16F3N3O4. The van der Waals surface area contributed by atoms with Crippen molar-refractivity contribution >= 4 is 17.4 Å². The summed E-state index contributed by atoms with van der Waals surface area (Å²) >= 11 is 0. The molecule has 1 aromatic carbocycles. The van der Waals surface area contributed by atoms with Crippen LogP contribution in [0, 0.1) is 0 Å². The minimum absolute atomic E-state index is 0.0653. The third-order valence-corrected chi connectivity index (χ3v) is 4.44. The highest BCUT2D eigenvalue weighted by Gasteiger charge is 2.45. The van der Waals surface area contributed by atoms with Crippen LogP contribution in [0.5, 0.6) is 5.75 Å². The molecule has 1 aromatic heterocycles. The average molecular weight is 395 g/mol. The number of rotatable bonds is 2. The number of nitrogens with zero attached hydrogens (tertiary/aromatic N) is 2. The largest absolute Gasteiger partial charge is 0.508 e. The average Bonchev–Trinajstić information content (AvgIpc) is 3.00. The molecule has 0 aliphatic carbocycles. The van der Waals surface area contributed by atoms with E-state index in [0.717, 1.165) is 11.1 Å². The monoisotopic (exact) mass is 395 g/mol. The number of fused-ring (bicyclic) bond motifs is 1. The molecule has 0 radical (unpaired) electrons. The van der Waals surface area contributed by atoms with E-state index in [0.29, 0.717) is 0 Å². The van der Waals surface area contributed by atoms with Gasteiger partial charge in [-0.3, -0.25) is 9.89 Å². The molecule has 3 rings (SSSR count). The summed E-state index contributed by atoms with van der Waals surface area (Å²) in [5.74, 6) is -2.19. The van der Waals surface area contributed by atoms with E-state index in [4.69, 9.17) is 0 Å². The Morgan fingerprint density at radius 3 is 2.36 bits per heavy atom. The van der Waals surface area contributed by atoms with E-state index in [1.165, 1.54) is 38.1 Å². The lowest BCUT2D eigenvalue weighted by Crippen LogP contribution is -2.37. The summed E-state index contributed by atoms with van der Waals surface area (Å²) in [4.78, 5) is 25.6. The Kier molecular flexibility index (Phi) is 4.44. The number of carboxylic acid groups (broad SMARTS) is 1. The molecule has 2 aromatic rings. The second-order valence-corrected chi connectivity index (χ2v) is 7.03. The molecule has 0 bridgehead atoms. The minimum Gasteiger partial charge on any atom is -0.508 e. The maximum Gasteiger partial charge on any atom is 0.433 e. The topological polar surface area (TPSA) is 107 Å². The van der Waals surface area contributed by atoms with Gasteiger partial charge in [-0.25, -0.2) is 4.79 Å². The molecule has 28 heavy (non-hydrogen) atoms. The first-order chi connectivity index (χ1) is 12.9. The van der Waals surface area contributed by atoms with Crippen LogP contribution >= 0.6 is 0 Å². The van der Waals surface area contributed by atoms with E-state index in [1.54, 1.807) is 0 Å². The molecule has 1 amide bonds. The van der Waals surface area contributed by atoms with E-state index in [2.05, 4.69) is 5.10 Å². The van der Waals surface area contributed by atoms with E-state index < -0.39 is 34.7 Å². The van der Waals surface area contributed by atoms with Crippen molar-refractivity contribution in [1.82, 2.24) is 15.1 Å². The van der Waals surface area contributed by atoms with Gasteiger partial charge in [0.1, 0.15) is 22.7 Å². The van der Waals surface area contributed by atoms with Crippen LogP contribution in [0.15, 0.2) is 30.5 Å². The number of aliphatic carboxylic acids is 1. The number of aromatic amines is 1. The Labute approximate surface area is 157 Å². The second kappa shape index (κ2) is 6.39. The van der Waals surface area contributed by atoms with E-state index in [1.807, 2.05) is 5.10 Å². The van der Waals surface area contributed by atoms with E-state index in [-0.39, 0.29) is 29.1 Å². The summed E-state index contributed by atoms with van der Waals surface area (Å²) in [7, 11) is 0. The molecular weight excluding hydrogens is 379 g/mol. The summed E-state index contributed by atoms with van der Waals surface area (Å²) in [6.45, 7) is 2.75. The summed E-state index contributed by atoms with van der Waals surface area (Å²) < 4.78 is 40.3. The Morgan fingerprint density at radius 2 is 1.82 bits per heavy atom. The number of phenols is 1. The number of amides is 1. The number of nitrogens with one attached hydrogen (secondary N) is 1. The zero-order valence-corrected chi connectivity index (χ0v) is 14.8. The number of alkyl halides is 3. The molecule has 2 heterocycles. The molecule has 0 unspecified atom stereocenters. The number of carboxylic acids is 1. The zero-order chi connectivity index (χ0) is 20.9. The predicted octanol–water partition coefficient (Wildman–Crippen LogP) is 2.99. The summed E-state index contributed by atoms with van der Waals surface area (Å²) in [5.41, 5.74) is -3.45. The molecule has 7 nitrogen and oxygen atoms in total. The standard InChI is InChI=1S/C18H16F3N3O4/c1-17(2)8-24(15(26)9-3-5-10(25)6-4-9)7-11(16(27)28)13-12(17)14(23-22-13)18(19,20)21/h3-7,25H,8H2,1-2H3,(H,22,23)(H,27,28). The van der Waals surface area contributed by atoms with Gasteiger partial charge in [-0.05, 0) is 24.3 Å². The van der Waals surface area contributed by atoms with Crippen molar-refractivity contribution in [3.63, 3.8) is 0 Å².